The van der Waals surface area contributed by atoms with Gasteiger partial charge in [0, 0.05) is 37.9 Å². The van der Waals surface area contributed by atoms with Crippen molar-refractivity contribution in [2.24, 2.45) is 0 Å². The molecule has 148 valence electrons. The van der Waals surface area contributed by atoms with Crippen LogP contribution in [0.1, 0.15) is 17.3 Å². The number of rotatable bonds is 5. The summed E-state index contributed by atoms with van der Waals surface area (Å²) in [5.41, 5.74) is 1.26. The second kappa shape index (κ2) is 8.84. The summed E-state index contributed by atoms with van der Waals surface area (Å²) in [6.07, 6.45) is 1.59. The first kappa shape index (κ1) is 19.1. The fourth-order valence-electron chi connectivity index (χ4n) is 3.35. The van der Waals surface area contributed by atoms with E-state index in [0.717, 1.165) is 25.2 Å². The summed E-state index contributed by atoms with van der Waals surface area (Å²) < 4.78 is 6.02. The van der Waals surface area contributed by atoms with Crippen molar-refractivity contribution in [2.45, 2.75) is 6.92 Å². The molecule has 0 aliphatic carbocycles. The van der Waals surface area contributed by atoms with Crippen LogP contribution in [0.3, 0.4) is 0 Å². The summed E-state index contributed by atoms with van der Waals surface area (Å²) >= 11 is 0. The molecule has 2 heterocycles. The largest absolute Gasteiger partial charge is 0.438 e. The third-order valence-corrected chi connectivity index (χ3v) is 5.08. The Bertz CT molecular complexity index is 955. The van der Waals surface area contributed by atoms with Gasteiger partial charge in [-0.1, -0.05) is 55.5 Å². The molecule has 4 rings (SSSR count). The fraction of sp³-hybridized carbons (Fsp3) is 0.261. The van der Waals surface area contributed by atoms with Gasteiger partial charge >= 0.3 is 0 Å². The first-order valence-electron chi connectivity index (χ1n) is 9.91. The fourth-order valence-corrected chi connectivity index (χ4v) is 3.35. The molecule has 29 heavy (non-hydrogen) atoms. The lowest BCUT2D eigenvalue weighted by molar-refractivity contribution is 0.0639. The molecule has 1 aliphatic heterocycles. The number of piperazine rings is 1. The lowest BCUT2D eigenvalue weighted by Crippen LogP contribution is -2.48. The summed E-state index contributed by atoms with van der Waals surface area (Å²) in [6.45, 7) is 6.27. The van der Waals surface area contributed by atoms with E-state index in [0.29, 0.717) is 30.2 Å². The maximum atomic E-state index is 13.2. The van der Waals surface area contributed by atoms with Gasteiger partial charge in [0.2, 0.25) is 5.88 Å². The molecule has 0 radical (unpaired) electrons. The lowest BCUT2D eigenvalue weighted by atomic mass is 10.2. The van der Waals surface area contributed by atoms with Crippen molar-refractivity contribution in [3.05, 3.63) is 72.4 Å². The predicted molar refractivity (Wildman–Crippen MR) is 112 cm³/mol. The van der Waals surface area contributed by atoms with Crippen LogP contribution in [-0.4, -0.2) is 58.4 Å². The van der Waals surface area contributed by atoms with Crippen molar-refractivity contribution in [2.75, 3.05) is 32.7 Å². The van der Waals surface area contributed by atoms with Crippen molar-refractivity contribution < 1.29 is 9.53 Å². The first-order valence-corrected chi connectivity index (χ1v) is 9.91. The Balaban J connectivity index is 1.66. The second-order valence-electron chi connectivity index (χ2n) is 6.92. The van der Waals surface area contributed by atoms with E-state index in [1.807, 2.05) is 65.6 Å². The highest BCUT2D eigenvalue weighted by molar-refractivity contribution is 5.96. The normalized spacial score (nSPS) is 14.6. The van der Waals surface area contributed by atoms with Crippen LogP contribution in [0.5, 0.6) is 11.6 Å². The van der Waals surface area contributed by atoms with E-state index in [2.05, 4.69) is 21.8 Å². The number of para-hydroxylation sites is 1. The number of carbonyl (C=O) groups excluding carboxylic acids is 1. The highest BCUT2D eigenvalue weighted by Crippen LogP contribution is 2.27. The van der Waals surface area contributed by atoms with E-state index in [-0.39, 0.29) is 11.8 Å². The Kier molecular flexibility index (Phi) is 5.81. The molecule has 1 aliphatic rings. The van der Waals surface area contributed by atoms with Gasteiger partial charge in [-0.15, -0.1) is 0 Å². The van der Waals surface area contributed by atoms with Crippen LogP contribution in [0.2, 0.25) is 0 Å². The van der Waals surface area contributed by atoms with E-state index in [4.69, 9.17) is 4.74 Å². The van der Waals surface area contributed by atoms with E-state index in [1.165, 1.54) is 0 Å². The number of benzene rings is 2. The van der Waals surface area contributed by atoms with Crippen molar-refractivity contribution in [1.82, 2.24) is 19.8 Å². The highest BCUT2D eigenvalue weighted by Gasteiger charge is 2.25. The smallest absolute Gasteiger partial charge is 0.261 e. The number of likely N-dealkylation sites (N-methyl/N-ethyl adjacent to an activating group) is 1. The van der Waals surface area contributed by atoms with Gasteiger partial charge in [0.05, 0.1) is 0 Å². The maximum Gasteiger partial charge on any atom is 0.261 e. The first-order chi connectivity index (χ1) is 14.2. The number of ether oxygens (including phenoxy) is 1. The van der Waals surface area contributed by atoms with Crippen LogP contribution in [0, 0.1) is 0 Å². The molecule has 1 saturated heterocycles. The number of hydrogen-bond donors (Lipinski definition) is 0. The van der Waals surface area contributed by atoms with E-state index < -0.39 is 0 Å². The molecule has 0 atom stereocenters. The van der Waals surface area contributed by atoms with Crippen molar-refractivity contribution in [3.8, 4) is 23.0 Å². The number of nitrogens with zero attached hydrogens (tertiary/aromatic N) is 4. The monoisotopic (exact) mass is 388 g/mol. The van der Waals surface area contributed by atoms with E-state index in [1.54, 1.807) is 6.20 Å². The van der Waals surface area contributed by atoms with Crippen LogP contribution in [0.25, 0.3) is 11.4 Å². The molecule has 0 bridgehead atoms. The number of hydrogen-bond acceptors (Lipinski definition) is 5. The van der Waals surface area contributed by atoms with Crippen LogP contribution >= 0.6 is 0 Å². The second-order valence-corrected chi connectivity index (χ2v) is 6.92. The predicted octanol–water partition coefficient (Wildman–Crippen LogP) is 3.71. The molecule has 3 aromatic rings. The standard InChI is InChI=1S/C23H24N4O2/c1-2-26-13-15-27(16-14-26)23(28)20-17-24-21(18-9-5-3-6-10-18)25-22(20)29-19-11-7-4-8-12-19/h3-12,17H,2,13-16H2,1H3. The van der Waals surface area contributed by atoms with E-state index in [9.17, 15) is 4.79 Å². The summed E-state index contributed by atoms with van der Waals surface area (Å²) in [7, 11) is 0. The molecule has 6 heteroatoms. The summed E-state index contributed by atoms with van der Waals surface area (Å²) in [4.78, 5) is 26.4. The SMILES string of the molecule is CCN1CCN(C(=O)c2cnc(-c3ccccc3)nc2Oc2ccccc2)CC1. The Morgan fingerprint density at radius 1 is 0.966 bits per heavy atom. The van der Waals surface area contributed by atoms with E-state index >= 15 is 0 Å². The molecular weight excluding hydrogens is 364 g/mol. The molecule has 6 nitrogen and oxygen atoms in total. The zero-order chi connectivity index (χ0) is 20.1. The van der Waals surface area contributed by atoms with Gasteiger partial charge in [-0.2, -0.15) is 4.98 Å². The van der Waals surface area contributed by atoms with Crippen LogP contribution in [-0.2, 0) is 0 Å². The Labute approximate surface area is 170 Å². The Morgan fingerprint density at radius 2 is 1.62 bits per heavy atom. The lowest BCUT2D eigenvalue weighted by Gasteiger charge is -2.34. The minimum absolute atomic E-state index is 0.0914. The maximum absolute atomic E-state index is 13.2. The summed E-state index contributed by atoms with van der Waals surface area (Å²) in [5, 5.41) is 0. The van der Waals surface area contributed by atoms with Crippen molar-refractivity contribution in [3.63, 3.8) is 0 Å². The quantitative estimate of drug-likeness (QED) is 0.667. The third kappa shape index (κ3) is 4.43. The summed E-state index contributed by atoms with van der Waals surface area (Å²) in [6, 6.07) is 19.1. The average molecular weight is 388 g/mol. The molecule has 0 N–H and O–H groups in total. The van der Waals surface area contributed by atoms with Crippen molar-refractivity contribution >= 4 is 5.91 Å². The van der Waals surface area contributed by atoms with Gasteiger partial charge in [-0.25, -0.2) is 4.98 Å². The topological polar surface area (TPSA) is 58.6 Å². The zero-order valence-corrected chi connectivity index (χ0v) is 16.5. The molecule has 1 amide bonds. The third-order valence-electron chi connectivity index (χ3n) is 5.08. The molecule has 2 aromatic carbocycles. The van der Waals surface area contributed by atoms with Gasteiger partial charge < -0.3 is 14.5 Å². The molecule has 0 spiro atoms. The van der Waals surface area contributed by atoms with Crippen LogP contribution < -0.4 is 4.74 Å². The summed E-state index contributed by atoms with van der Waals surface area (Å²) in [5.74, 6) is 1.36. The molecule has 1 fully saturated rings. The highest BCUT2D eigenvalue weighted by atomic mass is 16.5. The molecule has 1 aromatic heterocycles. The van der Waals surface area contributed by atoms with Gasteiger partial charge in [-0.3, -0.25) is 4.79 Å². The van der Waals surface area contributed by atoms with Crippen molar-refractivity contribution in [1.29, 1.82) is 0 Å². The Hall–Kier alpha value is -3.25. The van der Waals surface area contributed by atoms with Crippen LogP contribution in [0.4, 0.5) is 0 Å². The van der Waals surface area contributed by atoms with Gasteiger partial charge in [0.25, 0.3) is 5.91 Å². The molecule has 0 unspecified atom stereocenters. The van der Waals surface area contributed by atoms with Crippen LogP contribution in [0.15, 0.2) is 66.9 Å². The minimum Gasteiger partial charge on any atom is -0.438 e. The molecular formula is C23H24N4O2. The van der Waals surface area contributed by atoms with Gasteiger partial charge in [0.1, 0.15) is 11.3 Å². The zero-order valence-electron chi connectivity index (χ0n) is 16.5. The Morgan fingerprint density at radius 3 is 2.28 bits per heavy atom. The number of amides is 1. The number of carbonyl (C=O) groups is 1. The van der Waals surface area contributed by atoms with Gasteiger partial charge in [0.15, 0.2) is 5.82 Å². The average Bonchev–Trinajstić information content (AvgIpc) is 2.80. The van der Waals surface area contributed by atoms with Gasteiger partial charge in [-0.05, 0) is 18.7 Å². The molecule has 0 saturated carbocycles. The number of aromatic nitrogens is 2. The minimum atomic E-state index is -0.0914.